The molecule has 0 spiro atoms. The molecule has 1 aromatic carbocycles. The number of unbranched alkanes of at least 4 members (excludes halogenated alkanes) is 1. The van der Waals surface area contributed by atoms with Gasteiger partial charge in [0, 0.05) is 24.7 Å². The summed E-state index contributed by atoms with van der Waals surface area (Å²) in [5.41, 5.74) is 7.18. The minimum Gasteiger partial charge on any atom is -0.379 e. The molecule has 0 saturated carbocycles. The number of nitrogens with zero attached hydrogens (tertiary/aromatic N) is 2. The van der Waals surface area contributed by atoms with Gasteiger partial charge in [-0.2, -0.15) is 0 Å². The predicted octanol–water partition coefficient (Wildman–Crippen LogP) is 3.04. The number of rotatable bonds is 7. The predicted molar refractivity (Wildman–Crippen MR) is 111 cm³/mol. The van der Waals surface area contributed by atoms with E-state index in [4.69, 9.17) is 22.1 Å². The summed E-state index contributed by atoms with van der Waals surface area (Å²) in [6.07, 6.45) is 2.24. The summed E-state index contributed by atoms with van der Waals surface area (Å²) in [6.45, 7) is 7.00. The molecule has 1 saturated heterocycles. The van der Waals surface area contributed by atoms with E-state index in [1.54, 1.807) is 0 Å². The molecule has 24 heavy (non-hydrogen) atoms. The first-order chi connectivity index (χ1) is 11.2. The van der Waals surface area contributed by atoms with Crippen molar-refractivity contribution >= 4 is 41.5 Å². The van der Waals surface area contributed by atoms with Gasteiger partial charge in [-0.05, 0) is 24.1 Å². The molecule has 0 radical (unpaired) electrons. The van der Waals surface area contributed by atoms with Crippen LogP contribution in [0.1, 0.15) is 31.4 Å². The standard InChI is InChI=1S/C17H27ClN4O.HI/c1-2-3-8-20-17(19)21-13-16(22-9-11-23-12-10-22)14-4-6-15(18)7-5-14;/h4-7,16H,2-3,8-13H2,1H3,(H3,19,20,21);1H. The summed E-state index contributed by atoms with van der Waals surface area (Å²) >= 11 is 6.01. The fourth-order valence-corrected chi connectivity index (χ4v) is 2.77. The van der Waals surface area contributed by atoms with Gasteiger partial charge in [0.15, 0.2) is 5.96 Å². The van der Waals surface area contributed by atoms with E-state index >= 15 is 0 Å². The number of benzene rings is 1. The lowest BCUT2D eigenvalue weighted by Gasteiger charge is -2.34. The van der Waals surface area contributed by atoms with Gasteiger partial charge >= 0.3 is 0 Å². The maximum atomic E-state index is 6.01. The Morgan fingerprint density at radius 3 is 2.62 bits per heavy atom. The number of halogens is 2. The zero-order valence-corrected chi connectivity index (χ0v) is 17.3. The highest BCUT2D eigenvalue weighted by molar-refractivity contribution is 14.0. The van der Waals surface area contributed by atoms with Crippen molar-refractivity contribution in [2.45, 2.75) is 25.8 Å². The second-order valence-electron chi connectivity index (χ2n) is 5.72. The number of hydrogen-bond acceptors (Lipinski definition) is 3. The summed E-state index contributed by atoms with van der Waals surface area (Å²) in [5, 5.41) is 3.91. The SMILES string of the molecule is CCCCNC(N)=NCC(c1ccc(Cl)cc1)N1CCOCC1.I. The summed E-state index contributed by atoms with van der Waals surface area (Å²) in [4.78, 5) is 6.94. The monoisotopic (exact) mass is 466 g/mol. The number of ether oxygens (including phenoxy) is 1. The Hall–Kier alpha value is -0.570. The van der Waals surface area contributed by atoms with Gasteiger partial charge in [0.05, 0.1) is 25.8 Å². The first kappa shape index (κ1) is 21.5. The maximum Gasteiger partial charge on any atom is 0.188 e. The molecule has 3 N–H and O–H groups in total. The molecule has 1 unspecified atom stereocenters. The van der Waals surface area contributed by atoms with E-state index in [1.165, 1.54) is 5.56 Å². The molecule has 136 valence electrons. The van der Waals surface area contributed by atoms with E-state index in [1.807, 2.05) is 12.1 Å². The Labute approximate surface area is 167 Å². The molecule has 0 bridgehead atoms. The number of guanidine groups is 1. The molecule has 1 aliphatic heterocycles. The van der Waals surface area contributed by atoms with Crippen LogP contribution in [-0.2, 0) is 4.74 Å². The second kappa shape index (κ2) is 11.9. The Morgan fingerprint density at radius 1 is 1.33 bits per heavy atom. The molecule has 1 heterocycles. The minimum absolute atomic E-state index is 0. The summed E-state index contributed by atoms with van der Waals surface area (Å²) < 4.78 is 5.46. The van der Waals surface area contributed by atoms with Crippen LogP contribution in [0.4, 0.5) is 0 Å². The van der Waals surface area contributed by atoms with Gasteiger partial charge in [-0.3, -0.25) is 9.89 Å². The Bertz CT molecular complexity index is 492. The quantitative estimate of drug-likeness (QED) is 0.281. The molecular weight excluding hydrogens is 439 g/mol. The molecule has 0 amide bonds. The zero-order valence-electron chi connectivity index (χ0n) is 14.2. The number of nitrogens with two attached hydrogens (primary N) is 1. The third kappa shape index (κ3) is 7.13. The topological polar surface area (TPSA) is 62.9 Å². The lowest BCUT2D eigenvalue weighted by molar-refractivity contribution is 0.0180. The number of hydrogen-bond donors (Lipinski definition) is 2. The smallest absolute Gasteiger partial charge is 0.188 e. The molecule has 1 aliphatic rings. The van der Waals surface area contributed by atoms with Gasteiger partial charge in [0.25, 0.3) is 0 Å². The first-order valence-corrected chi connectivity index (χ1v) is 8.69. The summed E-state index contributed by atoms with van der Waals surface area (Å²) in [6, 6.07) is 8.19. The third-order valence-electron chi connectivity index (χ3n) is 4.01. The fourth-order valence-electron chi connectivity index (χ4n) is 2.64. The van der Waals surface area contributed by atoms with Gasteiger partial charge in [-0.25, -0.2) is 0 Å². The van der Waals surface area contributed by atoms with Crippen molar-refractivity contribution < 1.29 is 4.74 Å². The van der Waals surface area contributed by atoms with E-state index in [9.17, 15) is 0 Å². The van der Waals surface area contributed by atoms with E-state index in [0.29, 0.717) is 12.5 Å². The average Bonchev–Trinajstić information content (AvgIpc) is 2.58. The van der Waals surface area contributed by atoms with Gasteiger partial charge in [-0.15, -0.1) is 24.0 Å². The largest absolute Gasteiger partial charge is 0.379 e. The van der Waals surface area contributed by atoms with Crippen LogP contribution in [0, 0.1) is 0 Å². The van der Waals surface area contributed by atoms with Crippen molar-refractivity contribution in [2.24, 2.45) is 10.7 Å². The lowest BCUT2D eigenvalue weighted by atomic mass is 10.0. The molecule has 1 atom stereocenters. The average molecular weight is 467 g/mol. The molecule has 5 nitrogen and oxygen atoms in total. The highest BCUT2D eigenvalue weighted by atomic mass is 127. The van der Waals surface area contributed by atoms with E-state index < -0.39 is 0 Å². The highest BCUT2D eigenvalue weighted by Gasteiger charge is 2.22. The van der Waals surface area contributed by atoms with Crippen LogP contribution in [0.3, 0.4) is 0 Å². The van der Waals surface area contributed by atoms with Crippen molar-refractivity contribution in [1.82, 2.24) is 10.2 Å². The Kier molecular flexibility index (Phi) is 10.6. The molecule has 2 rings (SSSR count). The zero-order chi connectivity index (χ0) is 16.5. The molecule has 0 aliphatic carbocycles. The van der Waals surface area contributed by atoms with E-state index in [-0.39, 0.29) is 30.0 Å². The number of morpholine rings is 1. The van der Waals surface area contributed by atoms with Crippen LogP contribution in [-0.4, -0.2) is 50.3 Å². The highest BCUT2D eigenvalue weighted by Crippen LogP contribution is 2.23. The Balaban J connectivity index is 0.00000288. The minimum atomic E-state index is 0. The lowest BCUT2D eigenvalue weighted by Crippen LogP contribution is -2.41. The van der Waals surface area contributed by atoms with Crippen molar-refractivity contribution in [1.29, 1.82) is 0 Å². The van der Waals surface area contributed by atoms with Crippen LogP contribution in [0.2, 0.25) is 5.02 Å². The van der Waals surface area contributed by atoms with E-state index in [2.05, 4.69) is 34.3 Å². The van der Waals surface area contributed by atoms with Gasteiger partial charge in [0.1, 0.15) is 0 Å². The third-order valence-corrected chi connectivity index (χ3v) is 4.26. The molecular formula is C17H28ClIN4O. The van der Waals surface area contributed by atoms with Crippen LogP contribution in [0.15, 0.2) is 29.3 Å². The molecule has 1 aromatic rings. The van der Waals surface area contributed by atoms with Gasteiger partial charge in [0.2, 0.25) is 0 Å². The molecule has 1 fully saturated rings. The fraction of sp³-hybridized carbons (Fsp3) is 0.588. The second-order valence-corrected chi connectivity index (χ2v) is 6.16. The Morgan fingerprint density at radius 2 is 2.00 bits per heavy atom. The van der Waals surface area contributed by atoms with Gasteiger partial charge in [-0.1, -0.05) is 37.1 Å². The van der Waals surface area contributed by atoms with Crippen LogP contribution < -0.4 is 11.1 Å². The van der Waals surface area contributed by atoms with Crippen LogP contribution in [0.25, 0.3) is 0 Å². The van der Waals surface area contributed by atoms with Crippen LogP contribution in [0.5, 0.6) is 0 Å². The number of aliphatic imine (C=N–C) groups is 1. The van der Waals surface area contributed by atoms with Crippen molar-refractivity contribution in [3.05, 3.63) is 34.9 Å². The van der Waals surface area contributed by atoms with Crippen LogP contribution >= 0.6 is 35.6 Å². The van der Waals surface area contributed by atoms with Gasteiger partial charge < -0.3 is 15.8 Å². The maximum absolute atomic E-state index is 6.01. The summed E-state index contributed by atoms with van der Waals surface area (Å²) in [7, 11) is 0. The normalized spacial score (nSPS) is 17.2. The van der Waals surface area contributed by atoms with Crippen molar-refractivity contribution in [2.75, 3.05) is 39.4 Å². The van der Waals surface area contributed by atoms with E-state index in [0.717, 1.165) is 50.7 Å². The molecule has 7 heteroatoms. The number of nitrogens with one attached hydrogen (secondary N) is 1. The van der Waals surface area contributed by atoms with Crippen molar-refractivity contribution in [3.8, 4) is 0 Å². The van der Waals surface area contributed by atoms with Crippen molar-refractivity contribution in [3.63, 3.8) is 0 Å². The molecule has 0 aromatic heterocycles. The first-order valence-electron chi connectivity index (χ1n) is 8.31. The summed E-state index contributed by atoms with van der Waals surface area (Å²) in [5.74, 6) is 0.519.